The number of fused-ring (bicyclic) bond motifs is 1. The number of hydrogen-bond acceptors (Lipinski definition) is 7. The Morgan fingerprint density at radius 1 is 1.13 bits per heavy atom. The molecule has 10 nitrogen and oxygen atoms in total. The molecule has 0 unspecified atom stereocenters. The van der Waals surface area contributed by atoms with Crippen molar-refractivity contribution in [1.29, 1.82) is 0 Å². The number of amides is 2. The molecule has 0 bridgehead atoms. The number of rotatable bonds is 8. The van der Waals surface area contributed by atoms with Gasteiger partial charge in [-0.3, -0.25) is 19.8 Å². The lowest BCUT2D eigenvalue weighted by molar-refractivity contribution is -0.123. The van der Waals surface area contributed by atoms with E-state index in [0.29, 0.717) is 10.2 Å². The first-order valence-corrected chi connectivity index (χ1v) is 11.6. The van der Waals surface area contributed by atoms with Crippen LogP contribution in [0.4, 0.5) is 0 Å². The molecule has 0 radical (unpaired) electrons. The van der Waals surface area contributed by atoms with Gasteiger partial charge in [0.25, 0.3) is 11.5 Å². The molecule has 1 aromatic carbocycles. The van der Waals surface area contributed by atoms with Gasteiger partial charge in [-0.2, -0.15) is 0 Å². The van der Waals surface area contributed by atoms with Gasteiger partial charge in [0.15, 0.2) is 0 Å². The van der Waals surface area contributed by atoms with Crippen molar-refractivity contribution in [3.05, 3.63) is 57.5 Å². The van der Waals surface area contributed by atoms with Crippen molar-refractivity contribution in [2.75, 3.05) is 18.5 Å². The molecule has 2 heterocycles. The van der Waals surface area contributed by atoms with Crippen molar-refractivity contribution >= 4 is 43.4 Å². The fourth-order valence-corrected chi connectivity index (χ4v) is 4.51. The van der Waals surface area contributed by atoms with Crippen molar-refractivity contribution in [2.45, 2.75) is 25.2 Å². The zero-order valence-electron chi connectivity index (χ0n) is 16.8. The molecule has 3 aromatic rings. The van der Waals surface area contributed by atoms with E-state index in [1.165, 1.54) is 29.8 Å². The van der Waals surface area contributed by atoms with Crippen LogP contribution in [-0.2, 0) is 26.0 Å². The number of thiophene rings is 1. The molecule has 2 amide bonds. The number of sulfonamides is 1. The van der Waals surface area contributed by atoms with Crippen molar-refractivity contribution in [3.63, 3.8) is 0 Å². The summed E-state index contributed by atoms with van der Waals surface area (Å²) in [6.07, 6.45) is 1.97. The largest absolute Gasteiger partial charge is 0.346 e. The molecule has 3 rings (SSSR count). The number of hydrogen-bond donors (Lipinski definition) is 3. The molecule has 164 valence electrons. The molecule has 0 aliphatic carbocycles. The molecule has 0 spiro atoms. The minimum atomic E-state index is -3.85. The Balaban J connectivity index is 1.53. The van der Waals surface area contributed by atoms with Crippen LogP contribution in [0.3, 0.4) is 0 Å². The standard InChI is InChI=1S/C19H21N5O5S2/c1-3-13-8-15-18(30-13)21-11-24(19(15)27)23-17(26)9-20-16(25)10-22-31(28,29)14-6-4-12(2)5-7-14/h4-8,11,22H,3,9-10H2,1-2H3,(H,20,25)(H,23,26). The van der Waals surface area contributed by atoms with Crippen LogP contribution >= 0.6 is 11.3 Å². The third kappa shape index (κ3) is 5.54. The second-order valence-corrected chi connectivity index (χ2v) is 9.54. The minimum Gasteiger partial charge on any atom is -0.346 e. The number of carbonyl (C=O) groups excluding carboxylic acids is 2. The van der Waals surface area contributed by atoms with Gasteiger partial charge in [-0.1, -0.05) is 24.6 Å². The summed E-state index contributed by atoms with van der Waals surface area (Å²) in [6, 6.07) is 7.89. The minimum absolute atomic E-state index is 0.0329. The number of carbonyl (C=O) groups is 2. The lowest BCUT2D eigenvalue weighted by Crippen LogP contribution is -2.43. The first-order chi connectivity index (χ1) is 14.7. The smallest absolute Gasteiger partial charge is 0.280 e. The first kappa shape index (κ1) is 22.6. The van der Waals surface area contributed by atoms with Crippen molar-refractivity contribution < 1.29 is 18.0 Å². The third-order valence-electron chi connectivity index (χ3n) is 4.30. The van der Waals surface area contributed by atoms with Gasteiger partial charge in [0.2, 0.25) is 15.9 Å². The summed E-state index contributed by atoms with van der Waals surface area (Å²) in [5.74, 6) is -1.36. The zero-order chi connectivity index (χ0) is 22.6. The maximum Gasteiger partial charge on any atom is 0.280 e. The number of nitrogens with one attached hydrogen (secondary N) is 3. The van der Waals surface area contributed by atoms with Gasteiger partial charge in [-0.05, 0) is 31.5 Å². The van der Waals surface area contributed by atoms with E-state index >= 15 is 0 Å². The summed E-state index contributed by atoms with van der Waals surface area (Å²) in [5.41, 5.74) is 2.82. The second-order valence-electron chi connectivity index (χ2n) is 6.65. The topological polar surface area (TPSA) is 139 Å². The molecule has 0 saturated carbocycles. The van der Waals surface area contributed by atoms with Crippen LogP contribution in [-0.4, -0.2) is 43.0 Å². The maximum atomic E-state index is 12.5. The molecule has 2 aromatic heterocycles. The summed E-state index contributed by atoms with van der Waals surface area (Å²) in [4.78, 5) is 42.2. The fraction of sp³-hybridized carbons (Fsp3) is 0.263. The molecular weight excluding hydrogens is 442 g/mol. The molecule has 0 fully saturated rings. The average molecular weight is 464 g/mol. The second kappa shape index (κ2) is 9.37. The van der Waals surface area contributed by atoms with E-state index < -0.39 is 40.5 Å². The van der Waals surface area contributed by atoms with E-state index in [-0.39, 0.29) is 4.90 Å². The number of nitrogens with zero attached hydrogens (tertiary/aromatic N) is 2. The van der Waals surface area contributed by atoms with Crippen LogP contribution in [0.5, 0.6) is 0 Å². The number of aromatic nitrogens is 2. The van der Waals surface area contributed by atoms with Crippen molar-refractivity contribution in [3.8, 4) is 0 Å². The van der Waals surface area contributed by atoms with E-state index in [4.69, 9.17) is 0 Å². The summed E-state index contributed by atoms with van der Waals surface area (Å²) < 4.78 is 27.5. The quantitative estimate of drug-likeness (QED) is 0.444. The Morgan fingerprint density at radius 3 is 2.52 bits per heavy atom. The average Bonchev–Trinajstić information content (AvgIpc) is 3.17. The molecular formula is C19H21N5O5S2. The van der Waals surface area contributed by atoms with Gasteiger partial charge in [0, 0.05) is 4.88 Å². The highest BCUT2D eigenvalue weighted by molar-refractivity contribution is 7.89. The third-order valence-corrected chi connectivity index (χ3v) is 6.90. The Morgan fingerprint density at radius 2 is 1.84 bits per heavy atom. The van der Waals surface area contributed by atoms with E-state index in [1.54, 1.807) is 18.2 Å². The van der Waals surface area contributed by atoms with Crippen molar-refractivity contribution in [2.24, 2.45) is 0 Å². The normalized spacial score (nSPS) is 11.4. The van der Waals surface area contributed by atoms with E-state index in [1.807, 2.05) is 13.8 Å². The van der Waals surface area contributed by atoms with Crippen LogP contribution in [0.1, 0.15) is 17.4 Å². The van der Waals surface area contributed by atoms with E-state index in [0.717, 1.165) is 21.5 Å². The van der Waals surface area contributed by atoms with Crippen LogP contribution in [0.25, 0.3) is 10.2 Å². The Labute approximate surface area is 182 Å². The molecule has 0 aliphatic rings. The molecule has 0 aliphatic heterocycles. The molecule has 0 saturated heterocycles. The van der Waals surface area contributed by atoms with E-state index in [9.17, 15) is 22.8 Å². The monoisotopic (exact) mass is 463 g/mol. The Hall–Kier alpha value is -3.09. The van der Waals surface area contributed by atoms with Gasteiger partial charge in [0.05, 0.1) is 23.4 Å². The van der Waals surface area contributed by atoms with Gasteiger partial charge in [-0.15, -0.1) is 11.3 Å². The van der Waals surface area contributed by atoms with Crippen LogP contribution in [0, 0.1) is 6.92 Å². The highest BCUT2D eigenvalue weighted by Gasteiger charge is 2.16. The number of aryl methyl sites for hydroxylation is 2. The summed E-state index contributed by atoms with van der Waals surface area (Å²) >= 11 is 1.41. The van der Waals surface area contributed by atoms with Gasteiger partial charge in [0.1, 0.15) is 11.2 Å². The highest BCUT2D eigenvalue weighted by atomic mass is 32.2. The first-order valence-electron chi connectivity index (χ1n) is 9.32. The number of benzene rings is 1. The zero-order valence-corrected chi connectivity index (χ0v) is 18.5. The Bertz CT molecular complexity index is 1280. The predicted octanol–water partition coefficient (Wildman–Crippen LogP) is 0.494. The highest BCUT2D eigenvalue weighted by Crippen LogP contribution is 2.20. The predicted molar refractivity (Wildman–Crippen MR) is 117 cm³/mol. The molecule has 0 atom stereocenters. The van der Waals surface area contributed by atoms with Crippen molar-refractivity contribution in [1.82, 2.24) is 19.7 Å². The fourth-order valence-electron chi connectivity index (χ4n) is 2.60. The maximum absolute atomic E-state index is 12.5. The lowest BCUT2D eigenvalue weighted by Gasteiger charge is -2.09. The van der Waals surface area contributed by atoms with Crippen LogP contribution in [0.15, 0.2) is 46.3 Å². The molecule has 12 heteroatoms. The van der Waals surface area contributed by atoms with E-state index in [2.05, 4.69) is 20.4 Å². The Kier molecular flexibility index (Phi) is 6.83. The van der Waals surface area contributed by atoms with Crippen LogP contribution in [0.2, 0.25) is 0 Å². The SMILES string of the molecule is CCc1cc2c(=O)n(NC(=O)CNC(=O)CNS(=O)(=O)c3ccc(C)cc3)cnc2s1. The van der Waals surface area contributed by atoms with Gasteiger partial charge in [-0.25, -0.2) is 22.8 Å². The summed E-state index contributed by atoms with van der Waals surface area (Å²) in [7, 11) is -3.85. The lowest BCUT2D eigenvalue weighted by atomic mass is 10.2. The molecule has 3 N–H and O–H groups in total. The van der Waals surface area contributed by atoms with Gasteiger partial charge >= 0.3 is 0 Å². The molecule has 31 heavy (non-hydrogen) atoms. The van der Waals surface area contributed by atoms with Gasteiger partial charge < -0.3 is 5.32 Å². The summed E-state index contributed by atoms with van der Waals surface area (Å²) in [5, 5.41) is 2.70. The van der Waals surface area contributed by atoms with Crippen LogP contribution < -0.4 is 21.0 Å². The summed E-state index contributed by atoms with van der Waals surface area (Å²) in [6.45, 7) is 2.81.